The zero-order chi connectivity index (χ0) is 23.6. The molecule has 33 heavy (non-hydrogen) atoms. The molecule has 2 heterocycles. The van der Waals surface area contributed by atoms with E-state index in [1.807, 2.05) is 6.07 Å². The van der Waals surface area contributed by atoms with Crippen molar-refractivity contribution in [2.45, 2.75) is 18.7 Å². The van der Waals surface area contributed by atoms with E-state index in [0.717, 1.165) is 0 Å². The summed E-state index contributed by atoms with van der Waals surface area (Å²) in [5.41, 5.74) is 3.07. The second-order valence-corrected chi connectivity index (χ2v) is 9.17. The van der Waals surface area contributed by atoms with Gasteiger partial charge in [0.25, 0.3) is 10.0 Å². The van der Waals surface area contributed by atoms with Gasteiger partial charge >= 0.3 is 0 Å². The van der Waals surface area contributed by atoms with Crippen LogP contribution in [0.4, 0.5) is 11.6 Å². The highest BCUT2D eigenvalue weighted by Gasteiger charge is 2.16. The van der Waals surface area contributed by atoms with Gasteiger partial charge in [-0.2, -0.15) is 5.26 Å². The molecule has 0 saturated carbocycles. The van der Waals surface area contributed by atoms with Crippen molar-refractivity contribution in [3.8, 4) is 6.07 Å². The highest BCUT2D eigenvalue weighted by Crippen LogP contribution is 2.24. The van der Waals surface area contributed by atoms with Crippen molar-refractivity contribution in [1.29, 1.82) is 5.26 Å². The van der Waals surface area contributed by atoms with Crippen LogP contribution in [0.15, 0.2) is 64.0 Å². The van der Waals surface area contributed by atoms with Gasteiger partial charge in [-0.15, -0.1) is 0 Å². The maximum absolute atomic E-state index is 12.6. The minimum atomic E-state index is -3.87. The lowest BCUT2D eigenvalue weighted by Crippen LogP contribution is -2.15. The number of sulfonamides is 1. The largest absolute Gasteiger partial charge is 0.435 e. The lowest BCUT2D eigenvalue weighted by Gasteiger charge is -2.09. The Morgan fingerprint density at radius 3 is 2.42 bits per heavy atom. The molecule has 0 unspecified atom stereocenters. The summed E-state index contributed by atoms with van der Waals surface area (Å²) in [5.74, 6) is 0.148. The zero-order valence-electron chi connectivity index (χ0n) is 17.5. The molecule has 0 radical (unpaired) electrons. The molecule has 0 amide bonds. The standard InChI is InChI=1S/C22H17ClN6O3S/c1-13-9-14(2)27-22(26-13)29-33(30,31)18-6-4-17(5-7-18)25-12-15(11-24)21-28-19-10-16(23)3-8-20(19)32-21/h3-10,12,25H,1-2H3,(H,26,27,29)/b15-12+. The summed E-state index contributed by atoms with van der Waals surface area (Å²) in [4.78, 5) is 12.5. The van der Waals surface area contributed by atoms with Crippen molar-refractivity contribution in [3.63, 3.8) is 0 Å². The van der Waals surface area contributed by atoms with Gasteiger partial charge in [-0.05, 0) is 62.4 Å². The summed E-state index contributed by atoms with van der Waals surface area (Å²) in [6.45, 7) is 3.51. The molecule has 0 aliphatic rings. The first kappa shape index (κ1) is 22.3. The number of nitrogens with zero attached hydrogens (tertiary/aromatic N) is 4. The van der Waals surface area contributed by atoms with Crippen LogP contribution in [-0.4, -0.2) is 23.4 Å². The van der Waals surface area contributed by atoms with E-state index in [9.17, 15) is 13.7 Å². The van der Waals surface area contributed by atoms with Crippen molar-refractivity contribution in [2.75, 3.05) is 10.0 Å². The third-order valence-corrected chi connectivity index (χ3v) is 6.04. The van der Waals surface area contributed by atoms with Gasteiger partial charge in [-0.1, -0.05) is 11.6 Å². The van der Waals surface area contributed by atoms with Gasteiger partial charge in [0.1, 0.15) is 17.2 Å². The van der Waals surface area contributed by atoms with Crippen LogP contribution in [0.5, 0.6) is 0 Å². The molecule has 11 heteroatoms. The summed E-state index contributed by atoms with van der Waals surface area (Å²) in [7, 11) is -3.87. The third kappa shape index (κ3) is 5.11. The number of fused-ring (bicyclic) bond motifs is 1. The fraction of sp³-hybridized carbons (Fsp3) is 0.0909. The Balaban J connectivity index is 1.51. The lowest BCUT2D eigenvalue weighted by molar-refractivity contribution is 0.586. The number of benzene rings is 2. The summed E-state index contributed by atoms with van der Waals surface area (Å²) >= 11 is 5.96. The smallest absolute Gasteiger partial charge is 0.264 e. The summed E-state index contributed by atoms with van der Waals surface area (Å²) in [6.07, 6.45) is 1.43. The Hall–Kier alpha value is -3.94. The molecule has 0 fully saturated rings. The number of nitriles is 1. The van der Waals surface area contributed by atoms with Gasteiger partial charge < -0.3 is 9.73 Å². The van der Waals surface area contributed by atoms with E-state index in [1.165, 1.54) is 18.3 Å². The number of hydrogen-bond acceptors (Lipinski definition) is 8. The quantitative estimate of drug-likeness (QED) is 0.380. The molecule has 2 aromatic heterocycles. The fourth-order valence-corrected chi connectivity index (χ4v) is 4.10. The van der Waals surface area contributed by atoms with E-state index in [4.69, 9.17) is 16.0 Å². The molecule has 4 rings (SSSR count). The predicted molar refractivity (Wildman–Crippen MR) is 125 cm³/mol. The zero-order valence-corrected chi connectivity index (χ0v) is 19.1. The molecule has 2 N–H and O–H groups in total. The maximum atomic E-state index is 12.6. The van der Waals surface area contributed by atoms with Crippen LogP contribution in [0.1, 0.15) is 17.3 Å². The number of hydrogen-bond donors (Lipinski definition) is 2. The van der Waals surface area contributed by atoms with Crippen LogP contribution in [0, 0.1) is 25.2 Å². The van der Waals surface area contributed by atoms with Gasteiger partial charge in [-0.3, -0.25) is 0 Å². The van der Waals surface area contributed by atoms with Crippen molar-refractivity contribution in [3.05, 3.63) is 77.0 Å². The molecule has 0 saturated heterocycles. The number of anilines is 2. The molecule has 0 aliphatic heterocycles. The van der Waals surface area contributed by atoms with E-state index in [2.05, 4.69) is 25.0 Å². The second-order valence-electron chi connectivity index (χ2n) is 7.05. The van der Waals surface area contributed by atoms with Crippen LogP contribution in [0.2, 0.25) is 5.02 Å². The minimum Gasteiger partial charge on any atom is -0.435 e. The molecular formula is C22H17ClN6O3S. The number of rotatable bonds is 6. The topological polar surface area (TPSA) is 134 Å². The van der Waals surface area contributed by atoms with Crippen LogP contribution >= 0.6 is 11.6 Å². The van der Waals surface area contributed by atoms with Crippen LogP contribution in [-0.2, 0) is 10.0 Å². The Kier molecular flexibility index (Phi) is 6.00. The SMILES string of the molecule is Cc1cc(C)nc(NS(=O)(=O)c2ccc(N/C=C(\C#N)c3nc4cc(Cl)ccc4o3)cc2)n1. The van der Waals surface area contributed by atoms with Crippen molar-refractivity contribution >= 4 is 49.9 Å². The average molecular weight is 481 g/mol. The Morgan fingerprint density at radius 1 is 1.06 bits per heavy atom. The van der Waals surface area contributed by atoms with Crippen LogP contribution in [0.25, 0.3) is 16.7 Å². The predicted octanol–water partition coefficient (Wildman–Crippen LogP) is 4.67. The number of aryl methyl sites for hydroxylation is 2. The van der Waals surface area contributed by atoms with E-state index in [-0.39, 0.29) is 22.3 Å². The fourth-order valence-electron chi connectivity index (χ4n) is 2.99. The van der Waals surface area contributed by atoms with Gasteiger partial charge in [0, 0.05) is 28.3 Å². The lowest BCUT2D eigenvalue weighted by atomic mass is 10.3. The Morgan fingerprint density at radius 2 is 1.76 bits per heavy atom. The minimum absolute atomic E-state index is 0.0101. The molecule has 0 spiro atoms. The molecule has 2 aromatic carbocycles. The first-order valence-corrected chi connectivity index (χ1v) is 11.5. The summed E-state index contributed by atoms with van der Waals surface area (Å²) in [5, 5.41) is 12.9. The number of aromatic nitrogens is 3. The Bertz CT molecular complexity index is 1500. The van der Waals surface area contributed by atoms with Crippen molar-refractivity contribution < 1.29 is 12.8 Å². The number of halogens is 1. The van der Waals surface area contributed by atoms with Crippen LogP contribution in [0.3, 0.4) is 0 Å². The highest BCUT2D eigenvalue weighted by atomic mass is 35.5. The number of nitrogens with one attached hydrogen (secondary N) is 2. The average Bonchev–Trinajstić information content (AvgIpc) is 3.16. The van der Waals surface area contributed by atoms with Gasteiger partial charge in [0.15, 0.2) is 5.58 Å². The number of allylic oxidation sites excluding steroid dienone is 1. The molecule has 0 atom stereocenters. The Labute approximate surface area is 194 Å². The first-order chi connectivity index (χ1) is 15.7. The molecule has 0 aliphatic carbocycles. The molecule has 4 aromatic rings. The van der Waals surface area contributed by atoms with E-state index >= 15 is 0 Å². The second kappa shape index (κ2) is 8.90. The maximum Gasteiger partial charge on any atom is 0.264 e. The first-order valence-electron chi connectivity index (χ1n) is 9.62. The van der Waals surface area contributed by atoms with Gasteiger partial charge in [-0.25, -0.2) is 28.1 Å². The van der Waals surface area contributed by atoms with E-state index < -0.39 is 10.0 Å². The van der Waals surface area contributed by atoms with E-state index in [1.54, 1.807) is 50.2 Å². The molecule has 0 bridgehead atoms. The van der Waals surface area contributed by atoms with Gasteiger partial charge in [0.05, 0.1) is 4.90 Å². The number of oxazole rings is 1. The highest BCUT2D eigenvalue weighted by molar-refractivity contribution is 7.92. The van der Waals surface area contributed by atoms with Crippen molar-refractivity contribution in [1.82, 2.24) is 15.0 Å². The molecular weight excluding hydrogens is 464 g/mol. The normalized spacial score (nSPS) is 11.9. The monoisotopic (exact) mass is 480 g/mol. The van der Waals surface area contributed by atoms with Gasteiger partial charge in [0.2, 0.25) is 11.8 Å². The van der Waals surface area contributed by atoms with Crippen molar-refractivity contribution in [2.24, 2.45) is 0 Å². The van der Waals surface area contributed by atoms with E-state index in [0.29, 0.717) is 33.2 Å². The molecule has 166 valence electrons. The summed E-state index contributed by atoms with van der Waals surface area (Å²) < 4.78 is 33.3. The summed E-state index contributed by atoms with van der Waals surface area (Å²) in [6, 6.07) is 14.7. The molecule has 9 nitrogen and oxygen atoms in total. The third-order valence-electron chi connectivity index (χ3n) is 4.46. The van der Waals surface area contributed by atoms with Crippen LogP contribution < -0.4 is 10.0 Å².